The van der Waals surface area contributed by atoms with Gasteiger partial charge in [-0.2, -0.15) is 0 Å². The lowest BCUT2D eigenvalue weighted by atomic mass is 9.86. The third kappa shape index (κ3) is 2.23. The predicted octanol–water partition coefficient (Wildman–Crippen LogP) is 1.83. The highest BCUT2D eigenvalue weighted by Gasteiger charge is 2.35. The van der Waals surface area contributed by atoms with Crippen molar-refractivity contribution in [3.63, 3.8) is 0 Å². The Kier molecular flexibility index (Phi) is 3.36. The molecule has 1 amide bonds. The van der Waals surface area contributed by atoms with E-state index in [-0.39, 0.29) is 6.42 Å². The Labute approximate surface area is 113 Å². The van der Waals surface area contributed by atoms with Crippen molar-refractivity contribution in [2.45, 2.75) is 18.4 Å². The van der Waals surface area contributed by atoms with E-state index in [0.29, 0.717) is 21.3 Å². The number of fused-ring (bicyclic) bond motifs is 1. The molecule has 7 heteroatoms. The van der Waals surface area contributed by atoms with Crippen LogP contribution in [0.15, 0.2) is 12.1 Å². The van der Waals surface area contributed by atoms with Crippen LogP contribution < -0.4 is 11.1 Å². The lowest BCUT2D eigenvalue weighted by molar-refractivity contribution is -0.138. The lowest BCUT2D eigenvalue weighted by Crippen LogP contribution is -2.39. The first-order chi connectivity index (χ1) is 8.40. The zero-order chi connectivity index (χ0) is 13.4. The zero-order valence-corrected chi connectivity index (χ0v) is 10.6. The van der Waals surface area contributed by atoms with Crippen LogP contribution in [0.3, 0.4) is 0 Å². The molecule has 96 valence electrons. The van der Waals surface area contributed by atoms with Gasteiger partial charge in [-0.3, -0.25) is 4.79 Å². The molecule has 0 bridgehead atoms. The number of carbonyl (C=O) groups is 2. The normalized spacial score (nSPS) is 21.9. The first-order valence-electron chi connectivity index (χ1n) is 5.17. The van der Waals surface area contributed by atoms with Gasteiger partial charge in [-0.25, -0.2) is 4.79 Å². The number of rotatable bonds is 2. The molecule has 1 aliphatic heterocycles. The average molecular weight is 289 g/mol. The van der Waals surface area contributed by atoms with E-state index in [0.717, 1.165) is 0 Å². The van der Waals surface area contributed by atoms with Crippen LogP contribution in [0.5, 0.6) is 0 Å². The van der Waals surface area contributed by atoms with Crippen molar-refractivity contribution in [1.29, 1.82) is 0 Å². The van der Waals surface area contributed by atoms with E-state index >= 15 is 0 Å². The molecule has 1 heterocycles. The lowest BCUT2D eigenvalue weighted by Gasteiger charge is -2.30. The topological polar surface area (TPSA) is 92.4 Å². The van der Waals surface area contributed by atoms with Crippen molar-refractivity contribution in [3.05, 3.63) is 27.7 Å². The number of halogens is 2. The minimum atomic E-state index is -1.05. The average Bonchev–Trinajstić information content (AvgIpc) is 2.26. The molecule has 1 aromatic carbocycles. The number of hydrogen-bond acceptors (Lipinski definition) is 3. The fraction of sp³-hybridized carbons (Fsp3) is 0.273. The second kappa shape index (κ2) is 4.66. The van der Waals surface area contributed by atoms with Gasteiger partial charge in [0, 0.05) is 21.3 Å². The van der Waals surface area contributed by atoms with Crippen molar-refractivity contribution < 1.29 is 14.7 Å². The number of primary amides is 1. The first kappa shape index (κ1) is 13.0. The summed E-state index contributed by atoms with van der Waals surface area (Å²) in [5, 5.41) is 12.5. The number of aliphatic carboxylic acids is 1. The number of hydrogen-bond donors (Lipinski definition) is 3. The van der Waals surface area contributed by atoms with Gasteiger partial charge in [0.1, 0.15) is 6.04 Å². The van der Waals surface area contributed by atoms with E-state index in [4.69, 9.17) is 34.0 Å². The molecule has 1 aliphatic rings. The van der Waals surface area contributed by atoms with Gasteiger partial charge < -0.3 is 16.2 Å². The van der Waals surface area contributed by atoms with E-state index in [2.05, 4.69) is 5.32 Å². The van der Waals surface area contributed by atoms with Gasteiger partial charge in [-0.05, 0) is 18.6 Å². The minimum Gasteiger partial charge on any atom is -0.480 e. The summed E-state index contributed by atoms with van der Waals surface area (Å²) in [4.78, 5) is 22.5. The smallest absolute Gasteiger partial charge is 0.326 e. The second-order valence-electron chi connectivity index (χ2n) is 4.07. The number of amides is 1. The first-order valence-corrected chi connectivity index (χ1v) is 5.93. The Hall–Kier alpha value is -1.46. The fourth-order valence-electron chi connectivity index (χ4n) is 2.08. The van der Waals surface area contributed by atoms with Crippen LogP contribution in [0.25, 0.3) is 0 Å². The van der Waals surface area contributed by atoms with E-state index in [9.17, 15) is 9.59 Å². The largest absolute Gasteiger partial charge is 0.480 e. The number of carboxylic acid groups (broad SMARTS) is 1. The van der Waals surface area contributed by atoms with Crippen LogP contribution in [-0.4, -0.2) is 23.0 Å². The Balaban J connectivity index is 2.54. The van der Waals surface area contributed by atoms with Gasteiger partial charge in [0.05, 0.1) is 5.92 Å². The van der Waals surface area contributed by atoms with Crippen molar-refractivity contribution in [3.8, 4) is 0 Å². The minimum absolute atomic E-state index is 0.0685. The molecule has 0 fully saturated rings. The number of nitrogens with one attached hydrogen (secondary N) is 1. The van der Waals surface area contributed by atoms with E-state index in [1.807, 2.05) is 0 Å². The molecule has 0 unspecified atom stereocenters. The van der Waals surface area contributed by atoms with Crippen LogP contribution in [0.2, 0.25) is 10.0 Å². The Morgan fingerprint density at radius 3 is 2.61 bits per heavy atom. The molecule has 0 spiro atoms. The summed E-state index contributed by atoms with van der Waals surface area (Å²) in [6.45, 7) is 0. The number of carbonyl (C=O) groups excluding carboxylic acids is 1. The molecule has 0 saturated heterocycles. The van der Waals surface area contributed by atoms with Crippen molar-refractivity contribution in [2.75, 3.05) is 5.32 Å². The molecule has 4 N–H and O–H groups in total. The number of nitrogens with two attached hydrogens (primary N) is 1. The molecule has 0 aliphatic carbocycles. The van der Waals surface area contributed by atoms with Crippen molar-refractivity contribution >= 4 is 40.8 Å². The van der Waals surface area contributed by atoms with Gasteiger partial charge in [0.15, 0.2) is 0 Å². The summed E-state index contributed by atoms with van der Waals surface area (Å²) in [5.74, 6) is -2.39. The van der Waals surface area contributed by atoms with Crippen LogP contribution in [0, 0.1) is 0 Å². The van der Waals surface area contributed by atoms with Crippen LogP contribution in [0.4, 0.5) is 5.69 Å². The number of carboxylic acids is 1. The molecule has 0 radical (unpaired) electrons. The zero-order valence-electron chi connectivity index (χ0n) is 9.11. The van der Waals surface area contributed by atoms with E-state index in [1.165, 1.54) is 12.1 Å². The third-order valence-electron chi connectivity index (χ3n) is 2.89. The van der Waals surface area contributed by atoms with Crippen LogP contribution >= 0.6 is 23.2 Å². The SMILES string of the molecule is NC(=O)[C@@H]1C[C@H](C(=O)O)Nc2cc(Cl)cc(Cl)c21. The highest BCUT2D eigenvalue weighted by Crippen LogP contribution is 2.40. The Morgan fingerprint density at radius 2 is 2.06 bits per heavy atom. The third-order valence-corrected chi connectivity index (χ3v) is 3.42. The molecule has 0 aromatic heterocycles. The molecule has 5 nitrogen and oxygen atoms in total. The predicted molar refractivity (Wildman–Crippen MR) is 68.1 cm³/mol. The van der Waals surface area contributed by atoms with Gasteiger partial charge in [0.2, 0.25) is 5.91 Å². The highest BCUT2D eigenvalue weighted by molar-refractivity contribution is 6.36. The standard InChI is InChI=1S/C11H10Cl2N2O3/c12-4-1-6(13)9-5(10(14)16)3-8(11(17)18)15-7(9)2-4/h1-2,5,8,15H,3H2,(H2,14,16)(H,17,18)/t5-,8-/m1/s1. The fourth-order valence-corrected chi connectivity index (χ4v) is 2.70. The van der Waals surface area contributed by atoms with E-state index < -0.39 is 23.8 Å². The van der Waals surface area contributed by atoms with Crippen LogP contribution in [-0.2, 0) is 9.59 Å². The Morgan fingerprint density at radius 1 is 1.39 bits per heavy atom. The number of anilines is 1. The van der Waals surface area contributed by atoms with Gasteiger partial charge in [0.25, 0.3) is 0 Å². The molecule has 0 saturated carbocycles. The maximum atomic E-state index is 11.4. The molecule has 2 rings (SSSR count). The molecular formula is C11H10Cl2N2O3. The summed E-state index contributed by atoms with van der Waals surface area (Å²) < 4.78 is 0. The molecule has 2 atom stereocenters. The summed E-state index contributed by atoms with van der Waals surface area (Å²) >= 11 is 11.9. The van der Waals surface area contributed by atoms with Crippen molar-refractivity contribution in [2.24, 2.45) is 5.73 Å². The Bertz CT molecular complexity index is 533. The second-order valence-corrected chi connectivity index (χ2v) is 4.92. The molecule has 18 heavy (non-hydrogen) atoms. The molecular weight excluding hydrogens is 279 g/mol. The van der Waals surface area contributed by atoms with Gasteiger partial charge in [-0.15, -0.1) is 0 Å². The van der Waals surface area contributed by atoms with Crippen LogP contribution in [0.1, 0.15) is 17.9 Å². The maximum Gasteiger partial charge on any atom is 0.326 e. The highest BCUT2D eigenvalue weighted by atomic mass is 35.5. The van der Waals surface area contributed by atoms with E-state index in [1.54, 1.807) is 0 Å². The monoisotopic (exact) mass is 288 g/mol. The van der Waals surface area contributed by atoms with Crippen molar-refractivity contribution in [1.82, 2.24) is 0 Å². The molecule has 1 aromatic rings. The van der Waals surface area contributed by atoms with Gasteiger partial charge >= 0.3 is 5.97 Å². The maximum absolute atomic E-state index is 11.4. The summed E-state index contributed by atoms with van der Waals surface area (Å²) in [6.07, 6.45) is 0.0685. The summed E-state index contributed by atoms with van der Waals surface area (Å²) in [7, 11) is 0. The summed E-state index contributed by atoms with van der Waals surface area (Å²) in [5.41, 5.74) is 6.25. The van der Waals surface area contributed by atoms with Gasteiger partial charge in [-0.1, -0.05) is 23.2 Å². The number of benzene rings is 1. The quantitative estimate of drug-likeness (QED) is 0.774. The summed E-state index contributed by atoms with van der Waals surface area (Å²) in [6, 6.07) is 2.15.